The maximum atomic E-state index is 11.9. The largest absolute Gasteiger partial charge is 0.340 e. The number of rotatable bonds is 2. The molecule has 0 spiro atoms. The van der Waals surface area contributed by atoms with Crippen molar-refractivity contribution in [1.29, 1.82) is 0 Å². The number of piperazine rings is 1. The fourth-order valence-corrected chi connectivity index (χ4v) is 2.51. The van der Waals surface area contributed by atoms with Crippen molar-refractivity contribution in [1.82, 2.24) is 10.2 Å². The second-order valence-corrected chi connectivity index (χ2v) is 4.78. The summed E-state index contributed by atoms with van der Waals surface area (Å²) in [6, 6.07) is 2.44. The first-order chi connectivity index (χ1) is 7.25. The molecule has 82 valence electrons. The van der Waals surface area contributed by atoms with E-state index in [-0.39, 0.29) is 5.91 Å². The van der Waals surface area contributed by atoms with Gasteiger partial charge in [-0.1, -0.05) is 0 Å². The molecule has 2 heterocycles. The van der Waals surface area contributed by atoms with Crippen LogP contribution in [0.4, 0.5) is 0 Å². The van der Waals surface area contributed by atoms with Gasteiger partial charge in [-0.15, -0.1) is 0 Å². The van der Waals surface area contributed by atoms with Crippen molar-refractivity contribution in [2.45, 2.75) is 19.4 Å². The smallest absolute Gasteiger partial charge is 0.227 e. The predicted molar refractivity (Wildman–Crippen MR) is 62.1 cm³/mol. The molecule has 4 heteroatoms. The van der Waals surface area contributed by atoms with E-state index < -0.39 is 0 Å². The van der Waals surface area contributed by atoms with E-state index in [2.05, 4.69) is 12.2 Å². The zero-order chi connectivity index (χ0) is 10.7. The van der Waals surface area contributed by atoms with Crippen molar-refractivity contribution in [3.63, 3.8) is 0 Å². The van der Waals surface area contributed by atoms with Crippen molar-refractivity contribution >= 4 is 17.2 Å². The van der Waals surface area contributed by atoms with Crippen LogP contribution in [0, 0.1) is 0 Å². The van der Waals surface area contributed by atoms with Gasteiger partial charge in [0.1, 0.15) is 0 Å². The van der Waals surface area contributed by atoms with Gasteiger partial charge in [0.15, 0.2) is 0 Å². The van der Waals surface area contributed by atoms with Gasteiger partial charge in [0.05, 0.1) is 6.42 Å². The highest BCUT2D eigenvalue weighted by molar-refractivity contribution is 7.07. The molecule has 0 saturated carbocycles. The summed E-state index contributed by atoms with van der Waals surface area (Å²) in [6.45, 7) is 4.71. The lowest BCUT2D eigenvalue weighted by Crippen LogP contribution is -2.51. The molecule has 0 bridgehead atoms. The van der Waals surface area contributed by atoms with E-state index in [0.717, 1.165) is 25.2 Å². The molecule has 1 atom stereocenters. The van der Waals surface area contributed by atoms with E-state index >= 15 is 0 Å². The number of carbonyl (C=O) groups is 1. The number of nitrogens with zero attached hydrogens (tertiary/aromatic N) is 1. The fourth-order valence-electron chi connectivity index (χ4n) is 1.84. The summed E-state index contributed by atoms with van der Waals surface area (Å²) >= 11 is 1.65. The molecule has 1 aromatic rings. The molecule has 0 radical (unpaired) electrons. The van der Waals surface area contributed by atoms with Crippen molar-refractivity contribution in [3.05, 3.63) is 22.4 Å². The first-order valence-electron chi connectivity index (χ1n) is 5.28. The molecule has 1 amide bonds. The van der Waals surface area contributed by atoms with Crippen LogP contribution in [0.25, 0.3) is 0 Å². The Labute approximate surface area is 94.1 Å². The van der Waals surface area contributed by atoms with Crippen molar-refractivity contribution in [2.24, 2.45) is 0 Å². The molecule has 0 aromatic carbocycles. The number of amides is 1. The number of hydrogen-bond donors (Lipinski definition) is 1. The van der Waals surface area contributed by atoms with Crippen LogP contribution in [0.2, 0.25) is 0 Å². The van der Waals surface area contributed by atoms with Crippen LogP contribution < -0.4 is 5.32 Å². The topological polar surface area (TPSA) is 32.3 Å². The van der Waals surface area contributed by atoms with Gasteiger partial charge < -0.3 is 10.2 Å². The van der Waals surface area contributed by atoms with Gasteiger partial charge >= 0.3 is 0 Å². The monoisotopic (exact) mass is 224 g/mol. The third-order valence-electron chi connectivity index (χ3n) is 2.66. The van der Waals surface area contributed by atoms with Crippen LogP contribution in [-0.4, -0.2) is 36.5 Å². The summed E-state index contributed by atoms with van der Waals surface area (Å²) in [4.78, 5) is 13.9. The Morgan fingerprint density at radius 3 is 3.27 bits per heavy atom. The zero-order valence-corrected chi connectivity index (χ0v) is 9.72. The molecule has 15 heavy (non-hydrogen) atoms. The maximum Gasteiger partial charge on any atom is 0.227 e. The van der Waals surface area contributed by atoms with Gasteiger partial charge in [-0.05, 0) is 29.3 Å². The number of hydrogen-bond acceptors (Lipinski definition) is 3. The number of nitrogens with one attached hydrogen (secondary N) is 1. The lowest BCUT2D eigenvalue weighted by Gasteiger charge is -2.31. The molecule has 1 aliphatic rings. The van der Waals surface area contributed by atoms with Crippen molar-refractivity contribution in [2.75, 3.05) is 19.6 Å². The molecule has 1 fully saturated rings. The molecule has 1 aromatic heterocycles. The Kier molecular flexibility index (Phi) is 3.38. The minimum Gasteiger partial charge on any atom is -0.340 e. The molecule has 1 saturated heterocycles. The first-order valence-corrected chi connectivity index (χ1v) is 6.22. The average molecular weight is 224 g/mol. The van der Waals surface area contributed by atoms with E-state index in [0.29, 0.717) is 12.5 Å². The summed E-state index contributed by atoms with van der Waals surface area (Å²) in [7, 11) is 0. The normalized spacial score (nSPS) is 21.7. The van der Waals surface area contributed by atoms with Crippen LogP contribution >= 0.6 is 11.3 Å². The van der Waals surface area contributed by atoms with Crippen molar-refractivity contribution in [3.8, 4) is 0 Å². The Bertz CT molecular complexity index is 323. The minimum atomic E-state index is 0.252. The summed E-state index contributed by atoms with van der Waals surface area (Å²) in [6.07, 6.45) is 0.552. The molecule has 0 unspecified atom stereocenters. The van der Waals surface area contributed by atoms with Gasteiger partial charge in [-0.25, -0.2) is 0 Å². The molecular formula is C11H16N2OS. The van der Waals surface area contributed by atoms with E-state index in [9.17, 15) is 4.79 Å². The summed E-state index contributed by atoms with van der Waals surface area (Å²) in [5.41, 5.74) is 1.14. The van der Waals surface area contributed by atoms with Gasteiger partial charge in [0.25, 0.3) is 0 Å². The SMILES string of the molecule is C[C@H]1CN(C(=O)Cc2ccsc2)CCN1. The predicted octanol–water partition coefficient (Wildman–Crippen LogP) is 1.11. The second kappa shape index (κ2) is 4.77. The molecule has 1 N–H and O–H groups in total. The molecule has 3 nitrogen and oxygen atoms in total. The maximum absolute atomic E-state index is 11.9. The van der Waals surface area contributed by atoms with Gasteiger partial charge in [0, 0.05) is 25.7 Å². The lowest BCUT2D eigenvalue weighted by molar-refractivity contribution is -0.131. The standard InChI is InChI=1S/C11H16N2OS/c1-9-7-13(4-3-12-9)11(14)6-10-2-5-15-8-10/h2,5,8-9,12H,3-4,6-7H2,1H3/t9-/m0/s1. The summed E-state index contributed by atoms with van der Waals surface area (Å²) in [5.74, 6) is 0.252. The van der Waals surface area contributed by atoms with Crippen molar-refractivity contribution < 1.29 is 4.79 Å². The molecule has 0 aliphatic carbocycles. The lowest BCUT2D eigenvalue weighted by atomic mass is 10.2. The summed E-state index contributed by atoms with van der Waals surface area (Å²) < 4.78 is 0. The Balaban J connectivity index is 1.90. The number of carbonyl (C=O) groups excluding carboxylic acids is 1. The fraction of sp³-hybridized carbons (Fsp3) is 0.545. The van der Waals surface area contributed by atoms with E-state index in [1.807, 2.05) is 21.7 Å². The molecule has 2 rings (SSSR count). The van der Waals surface area contributed by atoms with Crippen LogP contribution in [0.5, 0.6) is 0 Å². The van der Waals surface area contributed by atoms with Crippen LogP contribution in [0.15, 0.2) is 16.8 Å². The van der Waals surface area contributed by atoms with E-state index in [4.69, 9.17) is 0 Å². The van der Waals surface area contributed by atoms with Gasteiger partial charge in [-0.3, -0.25) is 4.79 Å². The first kappa shape index (κ1) is 10.6. The molecule has 1 aliphatic heterocycles. The number of thiophene rings is 1. The van der Waals surface area contributed by atoms with Crippen LogP contribution in [0.3, 0.4) is 0 Å². The van der Waals surface area contributed by atoms with Crippen LogP contribution in [-0.2, 0) is 11.2 Å². The second-order valence-electron chi connectivity index (χ2n) is 4.00. The third kappa shape index (κ3) is 2.79. The average Bonchev–Trinajstić information content (AvgIpc) is 2.70. The Morgan fingerprint density at radius 1 is 1.73 bits per heavy atom. The van der Waals surface area contributed by atoms with Gasteiger partial charge in [-0.2, -0.15) is 11.3 Å². The third-order valence-corrected chi connectivity index (χ3v) is 3.39. The minimum absolute atomic E-state index is 0.252. The quantitative estimate of drug-likeness (QED) is 0.816. The highest BCUT2D eigenvalue weighted by Gasteiger charge is 2.20. The Hall–Kier alpha value is -0.870. The zero-order valence-electron chi connectivity index (χ0n) is 8.90. The van der Waals surface area contributed by atoms with Gasteiger partial charge in [0.2, 0.25) is 5.91 Å². The highest BCUT2D eigenvalue weighted by Crippen LogP contribution is 2.09. The van der Waals surface area contributed by atoms with E-state index in [1.165, 1.54) is 0 Å². The van der Waals surface area contributed by atoms with E-state index in [1.54, 1.807) is 11.3 Å². The Morgan fingerprint density at radius 2 is 2.60 bits per heavy atom. The summed E-state index contributed by atoms with van der Waals surface area (Å²) in [5, 5.41) is 7.40. The van der Waals surface area contributed by atoms with Crippen LogP contribution in [0.1, 0.15) is 12.5 Å². The molecular weight excluding hydrogens is 208 g/mol. The highest BCUT2D eigenvalue weighted by atomic mass is 32.1.